The van der Waals surface area contributed by atoms with Gasteiger partial charge in [-0.3, -0.25) is 10.1 Å². The number of rotatable bonds is 7. The van der Waals surface area contributed by atoms with E-state index >= 15 is 0 Å². The number of nitrogens with zero attached hydrogens (tertiary/aromatic N) is 2. The number of halogens is 1. The quantitative estimate of drug-likeness (QED) is 0.183. The smallest absolute Gasteiger partial charge is 0.302 e. The molecule has 1 amide bonds. The maximum atomic E-state index is 13.6. The van der Waals surface area contributed by atoms with Crippen molar-refractivity contribution in [3.05, 3.63) is 112 Å². The van der Waals surface area contributed by atoms with E-state index in [1.165, 1.54) is 0 Å². The first-order valence-corrected chi connectivity index (χ1v) is 13.3. The molecule has 0 saturated heterocycles. The van der Waals surface area contributed by atoms with Crippen molar-refractivity contribution >= 4 is 52.0 Å². The molecular weight excluding hydrogens is 524 g/mol. The monoisotopic (exact) mass is 552 g/mol. The van der Waals surface area contributed by atoms with Crippen LogP contribution >= 0.6 is 11.6 Å². The average molecular weight is 553 g/mol. The highest BCUT2D eigenvalue weighted by molar-refractivity contribution is 6.31. The number of aliphatic imine (C=N–C) groups is 1. The minimum Gasteiger partial charge on any atom is -0.423 e. The van der Waals surface area contributed by atoms with E-state index < -0.39 is 6.04 Å². The molecule has 3 aromatic carbocycles. The van der Waals surface area contributed by atoms with E-state index in [0.29, 0.717) is 56.2 Å². The lowest BCUT2D eigenvalue weighted by Crippen LogP contribution is -2.37. The van der Waals surface area contributed by atoms with Crippen LogP contribution in [0.1, 0.15) is 37.9 Å². The lowest BCUT2D eigenvalue weighted by molar-refractivity contribution is -0.113. The van der Waals surface area contributed by atoms with Crippen molar-refractivity contribution in [3.63, 3.8) is 0 Å². The molecular formula is C31H29ClN6O2. The lowest BCUT2D eigenvalue weighted by atomic mass is 9.95. The van der Waals surface area contributed by atoms with Crippen LogP contribution in [0.4, 0.5) is 11.7 Å². The molecule has 0 fully saturated rings. The number of para-hydroxylation sites is 2. The van der Waals surface area contributed by atoms with E-state index in [0.717, 1.165) is 5.56 Å². The van der Waals surface area contributed by atoms with Crippen molar-refractivity contribution in [2.75, 3.05) is 10.6 Å². The summed E-state index contributed by atoms with van der Waals surface area (Å²) in [5.74, 6) is 0.420. The first kappa shape index (κ1) is 26.9. The second kappa shape index (κ2) is 11.6. The van der Waals surface area contributed by atoms with Gasteiger partial charge in [0.2, 0.25) is 5.96 Å². The summed E-state index contributed by atoms with van der Waals surface area (Å²) in [5.41, 5.74) is 4.86. The normalized spacial score (nSPS) is 15.3. The van der Waals surface area contributed by atoms with Crippen molar-refractivity contribution in [1.82, 2.24) is 10.3 Å². The fourth-order valence-corrected chi connectivity index (χ4v) is 4.54. The molecule has 40 heavy (non-hydrogen) atoms. The molecule has 0 aliphatic carbocycles. The second-order valence-electron chi connectivity index (χ2n) is 9.73. The van der Waals surface area contributed by atoms with E-state index in [1.54, 1.807) is 24.3 Å². The summed E-state index contributed by atoms with van der Waals surface area (Å²) in [5, 5.41) is 18.0. The molecule has 2 heterocycles. The second-order valence-corrected chi connectivity index (χ2v) is 10.1. The Labute approximate surface area is 237 Å². The van der Waals surface area contributed by atoms with Crippen LogP contribution in [-0.4, -0.2) is 22.6 Å². The number of aromatic nitrogens is 1. The van der Waals surface area contributed by atoms with Crippen LogP contribution in [0.15, 0.2) is 106 Å². The van der Waals surface area contributed by atoms with Gasteiger partial charge in [0.15, 0.2) is 5.58 Å². The SMILES string of the molecule is CC1=C(C(=O)Nc2ccc(C(=N)/C=C\C(C)C)cc2)C(c2ccccc2Cl)N=C(Nc2nc3ccccc3o2)N1. The molecule has 4 N–H and O–H groups in total. The van der Waals surface area contributed by atoms with E-state index in [9.17, 15) is 4.79 Å². The molecule has 0 radical (unpaired) electrons. The molecule has 4 aromatic rings. The Hall–Kier alpha value is -4.69. The summed E-state index contributed by atoms with van der Waals surface area (Å²) < 4.78 is 5.79. The number of carbonyl (C=O) groups is 1. The third-order valence-electron chi connectivity index (χ3n) is 6.31. The lowest BCUT2D eigenvalue weighted by Gasteiger charge is -2.27. The highest BCUT2D eigenvalue weighted by atomic mass is 35.5. The molecule has 1 unspecified atom stereocenters. The fraction of sp³-hybridized carbons (Fsp3) is 0.161. The zero-order valence-corrected chi connectivity index (χ0v) is 23.1. The average Bonchev–Trinajstić information content (AvgIpc) is 3.34. The summed E-state index contributed by atoms with van der Waals surface area (Å²) in [6.07, 6.45) is 3.77. The first-order chi connectivity index (χ1) is 19.3. The summed E-state index contributed by atoms with van der Waals surface area (Å²) in [6.45, 7) is 5.94. The number of oxazole rings is 1. The Morgan fingerprint density at radius 3 is 2.52 bits per heavy atom. The van der Waals surface area contributed by atoms with Gasteiger partial charge in [0.25, 0.3) is 5.91 Å². The van der Waals surface area contributed by atoms with Gasteiger partial charge in [0.05, 0.1) is 11.3 Å². The standard InChI is InChI=1S/C31H29ClN6O2/c1-18(2)12-17-24(33)20-13-15-21(16-14-20)35-29(39)27-19(3)34-30(37-28(27)22-8-4-5-9-23(22)32)38-31-36-25-10-6-7-11-26(25)40-31/h4-18,28,33H,1-3H3,(H,35,39)(H2,34,36,37,38)/b17-12-,33-24?. The van der Waals surface area contributed by atoms with E-state index in [2.05, 4.69) is 34.8 Å². The maximum Gasteiger partial charge on any atom is 0.302 e. The van der Waals surface area contributed by atoms with Gasteiger partial charge in [0.1, 0.15) is 11.6 Å². The van der Waals surface area contributed by atoms with Crippen LogP contribution in [0.5, 0.6) is 0 Å². The zero-order chi connectivity index (χ0) is 28.2. The Kier molecular flexibility index (Phi) is 7.79. The Morgan fingerprint density at radius 2 is 1.80 bits per heavy atom. The van der Waals surface area contributed by atoms with E-state index in [1.807, 2.05) is 67.6 Å². The van der Waals surface area contributed by atoms with Crippen LogP contribution in [0.2, 0.25) is 5.02 Å². The number of fused-ring (bicyclic) bond motifs is 1. The van der Waals surface area contributed by atoms with Crippen molar-refractivity contribution in [2.45, 2.75) is 26.8 Å². The molecule has 1 aliphatic rings. The molecule has 5 rings (SSSR count). The van der Waals surface area contributed by atoms with Gasteiger partial charge in [0, 0.05) is 22.0 Å². The number of anilines is 2. The van der Waals surface area contributed by atoms with Crippen molar-refractivity contribution < 1.29 is 9.21 Å². The summed E-state index contributed by atoms with van der Waals surface area (Å²) >= 11 is 6.57. The van der Waals surface area contributed by atoms with Crippen LogP contribution in [0.25, 0.3) is 11.1 Å². The van der Waals surface area contributed by atoms with Gasteiger partial charge in [-0.1, -0.05) is 74.0 Å². The molecule has 1 aromatic heterocycles. The molecule has 202 valence electrons. The van der Waals surface area contributed by atoms with Gasteiger partial charge < -0.3 is 20.5 Å². The van der Waals surface area contributed by atoms with E-state index in [-0.39, 0.29) is 11.9 Å². The minimum absolute atomic E-state index is 0.278. The van der Waals surface area contributed by atoms with Gasteiger partial charge in [-0.25, -0.2) is 4.99 Å². The number of hydrogen-bond acceptors (Lipinski definition) is 7. The molecule has 9 heteroatoms. The molecule has 8 nitrogen and oxygen atoms in total. The molecule has 0 saturated carbocycles. The minimum atomic E-state index is -0.685. The number of allylic oxidation sites excluding steroid dienone is 3. The predicted octanol–water partition coefficient (Wildman–Crippen LogP) is 7.09. The van der Waals surface area contributed by atoms with Crippen LogP contribution in [0, 0.1) is 11.3 Å². The van der Waals surface area contributed by atoms with Crippen LogP contribution < -0.4 is 16.0 Å². The highest BCUT2D eigenvalue weighted by Crippen LogP contribution is 2.35. The Morgan fingerprint density at radius 1 is 1.07 bits per heavy atom. The third-order valence-corrected chi connectivity index (χ3v) is 6.65. The van der Waals surface area contributed by atoms with Crippen LogP contribution in [0.3, 0.4) is 0 Å². The number of amides is 1. The van der Waals surface area contributed by atoms with Gasteiger partial charge >= 0.3 is 6.01 Å². The predicted molar refractivity (Wildman–Crippen MR) is 161 cm³/mol. The van der Waals surface area contributed by atoms with Crippen molar-refractivity contribution in [1.29, 1.82) is 5.41 Å². The van der Waals surface area contributed by atoms with Crippen LogP contribution in [-0.2, 0) is 4.79 Å². The largest absolute Gasteiger partial charge is 0.423 e. The third kappa shape index (κ3) is 5.97. The summed E-state index contributed by atoms with van der Waals surface area (Å²) in [4.78, 5) is 22.9. The first-order valence-electron chi connectivity index (χ1n) is 12.9. The number of benzene rings is 3. The number of guanidine groups is 1. The fourth-order valence-electron chi connectivity index (χ4n) is 4.30. The Balaban J connectivity index is 1.40. The molecule has 0 spiro atoms. The van der Waals surface area contributed by atoms with Gasteiger partial charge in [-0.2, -0.15) is 4.98 Å². The molecule has 1 aliphatic heterocycles. The summed E-state index contributed by atoms with van der Waals surface area (Å²) in [6, 6.07) is 21.6. The summed E-state index contributed by atoms with van der Waals surface area (Å²) in [7, 11) is 0. The topological polar surface area (TPSA) is 115 Å². The van der Waals surface area contributed by atoms with Crippen molar-refractivity contribution in [2.24, 2.45) is 10.9 Å². The Bertz CT molecular complexity index is 1630. The number of hydrogen-bond donors (Lipinski definition) is 4. The van der Waals surface area contributed by atoms with E-state index in [4.69, 9.17) is 26.4 Å². The van der Waals surface area contributed by atoms with Gasteiger partial charge in [-0.15, -0.1) is 0 Å². The molecule has 0 bridgehead atoms. The number of nitrogens with one attached hydrogen (secondary N) is 4. The maximum absolute atomic E-state index is 13.6. The van der Waals surface area contributed by atoms with Gasteiger partial charge in [-0.05, 0) is 54.8 Å². The van der Waals surface area contributed by atoms with Crippen molar-refractivity contribution in [3.8, 4) is 0 Å². The highest BCUT2D eigenvalue weighted by Gasteiger charge is 2.31. The number of carbonyl (C=O) groups excluding carboxylic acids is 1. The zero-order valence-electron chi connectivity index (χ0n) is 22.3. The molecule has 1 atom stereocenters.